The van der Waals surface area contributed by atoms with Crippen LogP contribution >= 0.6 is 45.9 Å². The van der Waals surface area contributed by atoms with Crippen molar-refractivity contribution in [2.75, 3.05) is 11.8 Å². The lowest BCUT2D eigenvalue weighted by Gasteiger charge is -2.03. The maximum Gasteiger partial charge on any atom is 0.311 e. The molecule has 0 unspecified atom stereocenters. The Labute approximate surface area is 138 Å². The minimum Gasteiger partial charge on any atom is -0.469 e. The lowest BCUT2D eigenvalue weighted by atomic mass is 10.3. The molecule has 2 rings (SSSR count). The Hall–Kier alpha value is -0.870. The Morgan fingerprint density at radius 2 is 2.19 bits per heavy atom. The molecule has 0 aliphatic rings. The van der Waals surface area contributed by atoms with Gasteiger partial charge in [0.1, 0.15) is 9.23 Å². The van der Waals surface area contributed by atoms with Crippen LogP contribution in [0.25, 0.3) is 0 Å². The van der Waals surface area contributed by atoms with E-state index in [4.69, 9.17) is 23.2 Å². The van der Waals surface area contributed by atoms with Gasteiger partial charge in [0.2, 0.25) is 0 Å². The van der Waals surface area contributed by atoms with Gasteiger partial charge in [-0.3, -0.25) is 9.52 Å². The molecule has 11 heteroatoms. The fourth-order valence-electron chi connectivity index (χ4n) is 1.33. The van der Waals surface area contributed by atoms with Crippen LogP contribution < -0.4 is 4.72 Å². The van der Waals surface area contributed by atoms with Crippen molar-refractivity contribution in [2.45, 2.75) is 11.3 Å². The van der Waals surface area contributed by atoms with E-state index < -0.39 is 16.0 Å². The quantitative estimate of drug-likeness (QED) is 0.798. The summed E-state index contributed by atoms with van der Waals surface area (Å²) in [5, 5.41) is 1.70. The Balaban J connectivity index is 2.18. The zero-order chi connectivity index (χ0) is 15.6. The van der Waals surface area contributed by atoms with Crippen LogP contribution in [0.1, 0.15) is 5.69 Å². The fraction of sp³-hybridized carbons (Fsp3) is 0.200. The van der Waals surface area contributed by atoms with Crippen LogP contribution in [0.15, 0.2) is 16.3 Å². The fourth-order valence-corrected chi connectivity index (χ4v) is 5.45. The highest BCUT2D eigenvalue weighted by Gasteiger charge is 2.22. The number of sulfonamides is 1. The maximum atomic E-state index is 12.2. The van der Waals surface area contributed by atoms with Crippen molar-refractivity contribution in [1.29, 1.82) is 0 Å². The third-order valence-electron chi connectivity index (χ3n) is 2.24. The molecule has 2 aromatic heterocycles. The summed E-state index contributed by atoms with van der Waals surface area (Å²) in [4.78, 5) is 15.0. The van der Waals surface area contributed by atoms with Crippen LogP contribution in [0.4, 0.5) is 5.13 Å². The van der Waals surface area contributed by atoms with Gasteiger partial charge < -0.3 is 4.74 Å². The Morgan fingerprint density at radius 1 is 1.48 bits per heavy atom. The largest absolute Gasteiger partial charge is 0.469 e. The Bertz CT molecular complexity index is 769. The number of anilines is 1. The molecule has 6 nitrogen and oxygen atoms in total. The second-order valence-electron chi connectivity index (χ2n) is 3.69. The average molecular weight is 387 g/mol. The number of carbonyl (C=O) groups excluding carboxylic acids is 1. The van der Waals surface area contributed by atoms with E-state index in [1.807, 2.05) is 0 Å². The van der Waals surface area contributed by atoms with Gasteiger partial charge in [0, 0.05) is 5.38 Å². The predicted molar refractivity (Wildman–Crippen MR) is 83.0 cm³/mol. The highest BCUT2D eigenvalue weighted by Crippen LogP contribution is 2.35. The van der Waals surface area contributed by atoms with Gasteiger partial charge >= 0.3 is 5.97 Å². The van der Waals surface area contributed by atoms with Crippen molar-refractivity contribution in [2.24, 2.45) is 0 Å². The third kappa shape index (κ3) is 4.07. The third-order valence-corrected chi connectivity index (χ3v) is 6.27. The van der Waals surface area contributed by atoms with Gasteiger partial charge in [-0.25, -0.2) is 13.4 Å². The number of aromatic nitrogens is 1. The monoisotopic (exact) mass is 386 g/mol. The summed E-state index contributed by atoms with van der Waals surface area (Å²) >= 11 is 13.6. The molecular formula is C10H8Cl2N2O4S3. The number of thiazole rings is 1. The van der Waals surface area contributed by atoms with Crippen molar-refractivity contribution in [3.05, 3.63) is 25.8 Å². The van der Waals surface area contributed by atoms with E-state index in [0.29, 0.717) is 5.69 Å². The number of rotatable bonds is 5. The molecule has 0 aliphatic carbocycles. The lowest BCUT2D eigenvalue weighted by Crippen LogP contribution is -2.12. The maximum absolute atomic E-state index is 12.2. The van der Waals surface area contributed by atoms with E-state index >= 15 is 0 Å². The number of nitrogens with zero attached hydrogens (tertiary/aromatic N) is 1. The molecule has 0 fully saturated rings. The van der Waals surface area contributed by atoms with Crippen LogP contribution in [0.5, 0.6) is 0 Å². The van der Waals surface area contributed by atoms with Gasteiger partial charge in [0.15, 0.2) is 5.13 Å². The molecule has 0 saturated carbocycles. The molecule has 0 radical (unpaired) electrons. The molecule has 0 atom stereocenters. The van der Waals surface area contributed by atoms with E-state index in [1.165, 1.54) is 13.2 Å². The van der Waals surface area contributed by atoms with E-state index in [-0.39, 0.29) is 25.1 Å². The van der Waals surface area contributed by atoms with Crippen LogP contribution in [-0.2, 0) is 26.0 Å². The van der Waals surface area contributed by atoms with Crippen molar-refractivity contribution < 1.29 is 17.9 Å². The van der Waals surface area contributed by atoms with Crippen molar-refractivity contribution in [3.63, 3.8) is 0 Å². The second kappa shape index (κ2) is 6.49. The number of carbonyl (C=O) groups is 1. The zero-order valence-electron chi connectivity index (χ0n) is 10.4. The summed E-state index contributed by atoms with van der Waals surface area (Å²) < 4.78 is 31.4. The van der Waals surface area contributed by atoms with E-state index in [9.17, 15) is 13.2 Å². The molecule has 0 saturated heterocycles. The van der Waals surface area contributed by atoms with E-state index in [2.05, 4.69) is 14.4 Å². The number of esters is 1. The van der Waals surface area contributed by atoms with Crippen molar-refractivity contribution >= 4 is 67.0 Å². The molecule has 1 N–H and O–H groups in total. The molecule has 21 heavy (non-hydrogen) atoms. The molecule has 2 aromatic rings. The molecule has 0 aromatic carbocycles. The molecule has 2 heterocycles. The van der Waals surface area contributed by atoms with Gasteiger partial charge in [-0.1, -0.05) is 23.2 Å². The first kappa shape index (κ1) is 16.5. The Kier molecular flexibility index (Phi) is 5.10. The summed E-state index contributed by atoms with van der Waals surface area (Å²) in [6.07, 6.45) is -0.0280. The molecule has 0 bridgehead atoms. The lowest BCUT2D eigenvalue weighted by molar-refractivity contribution is -0.139. The van der Waals surface area contributed by atoms with E-state index in [0.717, 1.165) is 22.7 Å². The van der Waals surface area contributed by atoms with Gasteiger partial charge in [-0.2, -0.15) is 0 Å². The Morgan fingerprint density at radius 3 is 2.76 bits per heavy atom. The average Bonchev–Trinajstić information content (AvgIpc) is 2.95. The number of thiophene rings is 1. The number of ether oxygens (including phenoxy) is 1. The number of nitrogens with one attached hydrogen (secondary N) is 1. The summed E-state index contributed by atoms with van der Waals surface area (Å²) in [6, 6.07) is 1.26. The summed E-state index contributed by atoms with van der Waals surface area (Å²) in [6.45, 7) is 0. The number of hydrogen-bond donors (Lipinski definition) is 1. The summed E-state index contributed by atoms with van der Waals surface area (Å²) in [5.74, 6) is -0.456. The zero-order valence-corrected chi connectivity index (χ0v) is 14.4. The van der Waals surface area contributed by atoms with Crippen molar-refractivity contribution in [3.8, 4) is 0 Å². The highest BCUT2D eigenvalue weighted by atomic mass is 35.5. The normalized spacial score (nSPS) is 11.4. The molecule has 0 amide bonds. The second-order valence-corrected chi connectivity index (χ2v) is 8.49. The number of hydrogen-bond acceptors (Lipinski definition) is 7. The standard InChI is InChI=1S/C10H8Cl2N2O4S3/c1-18-8(15)2-5-4-19-10(13-5)14-21(16,17)6-3-7(11)20-9(6)12/h3-4H,2H2,1H3,(H,13,14). The van der Waals surface area contributed by atoms with Gasteiger partial charge in [-0.15, -0.1) is 22.7 Å². The first-order chi connectivity index (χ1) is 9.81. The molecule has 114 valence electrons. The van der Waals surface area contributed by atoms with Gasteiger partial charge in [0.05, 0.1) is 23.6 Å². The van der Waals surface area contributed by atoms with Gasteiger partial charge in [0.25, 0.3) is 10.0 Å². The minimum atomic E-state index is -3.87. The van der Waals surface area contributed by atoms with Crippen molar-refractivity contribution in [1.82, 2.24) is 4.98 Å². The first-order valence-electron chi connectivity index (χ1n) is 5.30. The van der Waals surface area contributed by atoms with Crippen LogP contribution in [-0.4, -0.2) is 26.5 Å². The highest BCUT2D eigenvalue weighted by molar-refractivity contribution is 7.93. The smallest absolute Gasteiger partial charge is 0.311 e. The summed E-state index contributed by atoms with van der Waals surface area (Å²) in [5.41, 5.74) is 0.416. The molecule has 0 aliphatic heterocycles. The molecule has 0 spiro atoms. The van der Waals surface area contributed by atoms with Crippen LogP contribution in [0.2, 0.25) is 8.67 Å². The van der Waals surface area contributed by atoms with E-state index in [1.54, 1.807) is 5.38 Å². The molecular weight excluding hydrogens is 379 g/mol. The minimum absolute atomic E-state index is 0.0280. The van der Waals surface area contributed by atoms with Crippen LogP contribution in [0, 0.1) is 0 Å². The van der Waals surface area contributed by atoms with Gasteiger partial charge in [-0.05, 0) is 6.07 Å². The number of halogens is 2. The topological polar surface area (TPSA) is 85.4 Å². The first-order valence-corrected chi connectivity index (χ1v) is 9.24. The summed E-state index contributed by atoms with van der Waals surface area (Å²) in [7, 11) is -2.60. The SMILES string of the molecule is COC(=O)Cc1csc(NS(=O)(=O)c2cc(Cl)sc2Cl)n1. The van der Waals surface area contributed by atoms with Crippen LogP contribution in [0.3, 0.4) is 0 Å². The predicted octanol–water partition coefficient (Wildman–Crippen LogP) is 3.03. The number of methoxy groups -OCH3 is 1.